The molecule has 0 saturated carbocycles. The first-order valence-corrected chi connectivity index (χ1v) is 9.28. The number of anilines is 1. The number of carbonyl (C=O) groups excluding carboxylic acids is 2. The molecule has 0 spiro atoms. The normalized spacial score (nSPS) is 11.0. The van der Waals surface area contributed by atoms with E-state index in [4.69, 9.17) is 14.2 Å². The molecule has 2 aromatic rings. The van der Waals surface area contributed by atoms with Crippen molar-refractivity contribution in [1.29, 1.82) is 5.26 Å². The smallest absolute Gasteiger partial charge is 0.349 e. The lowest BCUT2D eigenvalue weighted by Crippen LogP contribution is -2.21. The Morgan fingerprint density at radius 3 is 2.67 bits per heavy atom. The number of rotatable bonds is 9. The fraction of sp³-hybridized carbons (Fsp3) is 0.318. The van der Waals surface area contributed by atoms with Gasteiger partial charge in [-0.1, -0.05) is 6.07 Å². The average Bonchev–Trinajstić information content (AvgIpc) is 3.01. The van der Waals surface area contributed by atoms with Gasteiger partial charge < -0.3 is 24.1 Å². The number of nitriles is 1. The van der Waals surface area contributed by atoms with Crippen LogP contribution in [0.3, 0.4) is 0 Å². The highest BCUT2D eigenvalue weighted by atomic mass is 16.5. The maximum atomic E-state index is 12.3. The number of benzene rings is 1. The molecule has 1 amide bonds. The van der Waals surface area contributed by atoms with Crippen LogP contribution in [0.2, 0.25) is 0 Å². The van der Waals surface area contributed by atoms with Crippen LogP contribution in [0.25, 0.3) is 6.08 Å². The molecular weight excluding hydrogens is 386 g/mol. The Kier molecular flexibility index (Phi) is 8.20. The highest BCUT2D eigenvalue weighted by Crippen LogP contribution is 2.19. The summed E-state index contributed by atoms with van der Waals surface area (Å²) in [4.78, 5) is 24.3. The molecule has 8 heteroatoms. The highest BCUT2D eigenvalue weighted by Gasteiger charge is 2.15. The van der Waals surface area contributed by atoms with Crippen LogP contribution in [0.4, 0.5) is 5.69 Å². The van der Waals surface area contributed by atoms with Gasteiger partial charge in [0.05, 0.1) is 13.7 Å². The summed E-state index contributed by atoms with van der Waals surface area (Å²) >= 11 is 0. The van der Waals surface area contributed by atoms with Crippen molar-refractivity contribution in [2.75, 3.05) is 32.8 Å². The van der Waals surface area contributed by atoms with Gasteiger partial charge in [0.1, 0.15) is 17.4 Å². The van der Waals surface area contributed by atoms with Crippen molar-refractivity contribution in [3.8, 4) is 11.8 Å². The van der Waals surface area contributed by atoms with E-state index in [0.29, 0.717) is 24.6 Å². The van der Waals surface area contributed by atoms with Crippen LogP contribution < -0.4 is 10.1 Å². The largest absolute Gasteiger partial charge is 0.497 e. The monoisotopic (exact) mass is 411 g/mol. The lowest BCUT2D eigenvalue weighted by atomic mass is 10.1. The summed E-state index contributed by atoms with van der Waals surface area (Å²) in [6.45, 7) is 4.54. The molecule has 1 heterocycles. The Balaban J connectivity index is 2.02. The maximum absolute atomic E-state index is 12.3. The van der Waals surface area contributed by atoms with Crippen LogP contribution >= 0.6 is 0 Å². The number of methoxy groups -OCH3 is 2. The van der Waals surface area contributed by atoms with Gasteiger partial charge in [0.15, 0.2) is 6.61 Å². The van der Waals surface area contributed by atoms with Crippen molar-refractivity contribution in [3.05, 3.63) is 52.9 Å². The first kappa shape index (κ1) is 22.7. The number of hydrogen-bond acceptors (Lipinski definition) is 6. The Hall–Kier alpha value is -3.57. The van der Waals surface area contributed by atoms with Gasteiger partial charge in [-0.15, -0.1) is 0 Å². The molecule has 0 bridgehead atoms. The Labute approximate surface area is 175 Å². The molecule has 0 saturated heterocycles. The van der Waals surface area contributed by atoms with Gasteiger partial charge in [0, 0.05) is 36.8 Å². The second-order valence-corrected chi connectivity index (χ2v) is 6.50. The third-order valence-corrected chi connectivity index (χ3v) is 4.46. The van der Waals surface area contributed by atoms with E-state index < -0.39 is 18.5 Å². The summed E-state index contributed by atoms with van der Waals surface area (Å²) < 4.78 is 17.2. The molecule has 0 radical (unpaired) electrons. The highest BCUT2D eigenvalue weighted by molar-refractivity contribution is 6.00. The zero-order valence-corrected chi connectivity index (χ0v) is 17.5. The van der Waals surface area contributed by atoms with Crippen molar-refractivity contribution in [3.63, 3.8) is 0 Å². The summed E-state index contributed by atoms with van der Waals surface area (Å²) in [5.41, 5.74) is 2.95. The van der Waals surface area contributed by atoms with E-state index in [2.05, 4.69) is 5.32 Å². The molecule has 158 valence electrons. The number of amides is 1. The van der Waals surface area contributed by atoms with E-state index in [1.165, 1.54) is 13.2 Å². The third-order valence-electron chi connectivity index (χ3n) is 4.46. The fourth-order valence-corrected chi connectivity index (χ4v) is 2.90. The second-order valence-electron chi connectivity index (χ2n) is 6.50. The van der Waals surface area contributed by atoms with Crippen molar-refractivity contribution < 1.29 is 23.8 Å². The van der Waals surface area contributed by atoms with Gasteiger partial charge in [-0.05, 0) is 43.7 Å². The van der Waals surface area contributed by atoms with Gasteiger partial charge in [-0.25, -0.2) is 4.79 Å². The Morgan fingerprint density at radius 2 is 2.00 bits per heavy atom. The Bertz CT molecular complexity index is 985. The second kappa shape index (κ2) is 10.8. The molecule has 1 aromatic heterocycles. The lowest BCUT2D eigenvalue weighted by Gasteiger charge is -2.08. The number of carbonyl (C=O) groups is 2. The van der Waals surface area contributed by atoms with Crippen molar-refractivity contribution in [1.82, 2.24) is 4.57 Å². The predicted octanol–water partition coefficient (Wildman–Crippen LogP) is 2.85. The molecule has 30 heavy (non-hydrogen) atoms. The van der Waals surface area contributed by atoms with E-state index in [9.17, 15) is 14.9 Å². The summed E-state index contributed by atoms with van der Waals surface area (Å²) in [5, 5.41) is 12.0. The van der Waals surface area contributed by atoms with E-state index in [-0.39, 0.29) is 5.57 Å². The minimum absolute atomic E-state index is 0.184. The summed E-state index contributed by atoms with van der Waals surface area (Å²) in [5.74, 6) is -0.797. The van der Waals surface area contributed by atoms with Crippen LogP contribution in [0, 0.1) is 25.2 Å². The van der Waals surface area contributed by atoms with Crippen molar-refractivity contribution in [2.45, 2.75) is 20.4 Å². The topological polar surface area (TPSA) is 103 Å². The fourth-order valence-electron chi connectivity index (χ4n) is 2.90. The van der Waals surface area contributed by atoms with Gasteiger partial charge >= 0.3 is 5.97 Å². The van der Waals surface area contributed by atoms with Gasteiger partial charge in [-0.3, -0.25) is 4.79 Å². The van der Waals surface area contributed by atoms with Crippen LogP contribution in [-0.4, -0.2) is 43.9 Å². The van der Waals surface area contributed by atoms with Crippen molar-refractivity contribution >= 4 is 23.6 Å². The molecule has 0 fully saturated rings. The van der Waals surface area contributed by atoms with E-state index in [0.717, 1.165) is 17.0 Å². The molecule has 2 rings (SSSR count). The molecule has 0 atom stereocenters. The van der Waals surface area contributed by atoms with Gasteiger partial charge in [-0.2, -0.15) is 5.26 Å². The zero-order chi connectivity index (χ0) is 22.1. The number of nitrogens with one attached hydrogen (secondary N) is 1. The summed E-state index contributed by atoms with van der Waals surface area (Å²) in [6, 6.07) is 10.5. The third kappa shape index (κ3) is 5.96. The van der Waals surface area contributed by atoms with E-state index in [1.807, 2.05) is 30.6 Å². The predicted molar refractivity (Wildman–Crippen MR) is 112 cm³/mol. The van der Waals surface area contributed by atoms with E-state index in [1.54, 1.807) is 31.4 Å². The van der Waals surface area contributed by atoms with Crippen LogP contribution in [0.5, 0.6) is 5.75 Å². The summed E-state index contributed by atoms with van der Waals surface area (Å²) in [6.07, 6.45) is 1.47. The summed E-state index contributed by atoms with van der Waals surface area (Å²) in [7, 11) is 3.15. The van der Waals surface area contributed by atoms with Gasteiger partial charge in [0.2, 0.25) is 0 Å². The molecule has 0 aliphatic rings. The maximum Gasteiger partial charge on any atom is 0.349 e. The van der Waals surface area contributed by atoms with Gasteiger partial charge in [0.25, 0.3) is 5.91 Å². The molecule has 1 N–H and O–H groups in total. The van der Waals surface area contributed by atoms with Crippen LogP contribution in [0.15, 0.2) is 35.9 Å². The number of ether oxygens (including phenoxy) is 3. The standard InChI is InChI=1S/C22H25N3O5/c1-15-10-17(16(2)25(15)8-9-28-3)11-18(13-23)22(27)30-14-21(26)24-19-6-5-7-20(12-19)29-4/h5-7,10-12H,8-9,14H2,1-4H3,(H,24,26)/b18-11-. The Morgan fingerprint density at radius 1 is 1.23 bits per heavy atom. The molecular formula is C22H25N3O5. The van der Waals surface area contributed by atoms with Crippen LogP contribution in [0.1, 0.15) is 17.0 Å². The van der Waals surface area contributed by atoms with Crippen molar-refractivity contribution in [2.24, 2.45) is 0 Å². The molecule has 8 nitrogen and oxygen atoms in total. The lowest BCUT2D eigenvalue weighted by molar-refractivity contribution is -0.142. The van der Waals surface area contributed by atoms with E-state index >= 15 is 0 Å². The number of aryl methyl sites for hydroxylation is 1. The number of nitrogens with zero attached hydrogens (tertiary/aromatic N) is 2. The zero-order valence-electron chi connectivity index (χ0n) is 17.5. The quantitative estimate of drug-likeness (QED) is 0.387. The first-order chi connectivity index (χ1) is 14.4. The number of hydrogen-bond donors (Lipinski definition) is 1. The molecule has 0 aliphatic heterocycles. The molecule has 1 aromatic carbocycles. The number of esters is 1. The SMILES string of the molecule is COCCn1c(C)cc(/C=C(/C#N)C(=O)OCC(=O)Nc2cccc(OC)c2)c1C. The minimum Gasteiger partial charge on any atom is -0.497 e. The van der Waals surface area contributed by atoms with Crippen LogP contribution in [-0.2, 0) is 25.6 Å². The number of aromatic nitrogens is 1. The minimum atomic E-state index is -0.861. The average molecular weight is 411 g/mol. The molecule has 0 unspecified atom stereocenters. The molecule has 0 aliphatic carbocycles. The first-order valence-electron chi connectivity index (χ1n) is 9.28.